The predicted octanol–water partition coefficient (Wildman–Crippen LogP) is -2.48. The highest BCUT2D eigenvalue weighted by atomic mass is 16.5. The van der Waals surface area contributed by atoms with E-state index in [-0.39, 0.29) is 48.1 Å². The molecular formula is C15H18N4O5. The van der Waals surface area contributed by atoms with Gasteiger partial charge < -0.3 is 21.3 Å². The van der Waals surface area contributed by atoms with E-state index in [2.05, 4.69) is 0 Å². The lowest BCUT2D eigenvalue weighted by Crippen LogP contribution is -2.61. The summed E-state index contributed by atoms with van der Waals surface area (Å²) in [6.45, 7) is 1.88. The van der Waals surface area contributed by atoms with Gasteiger partial charge in [-0.2, -0.15) is 0 Å². The van der Waals surface area contributed by atoms with Gasteiger partial charge >= 0.3 is 6.09 Å². The van der Waals surface area contributed by atoms with Gasteiger partial charge in [-0.3, -0.25) is 19.4 Å². The van der Waals surface area contributed by atoms with Crippen LogP contribution in [0.3, 0.4) is 0 Å². The van der Waals surface area contributed by atoms with Gasteiger partial charge in [0.2, 0.25) is 0 Å². The Balaban J connectivity index is 1.70. The van der Waals surface area contributed by atoms with Gasteiger partial charge in [-0.15, -0.1) is 0 Å². The molecule has 1 aliphatic carbocycles. The van der Waals surface area contributed by atoms with Crippen LogP contribution >= 0.6 is 0 Å². The third kappa shape index (κ3) is 1.08. The number of rotatable bonds is 3. The molecule has 5 aliphatic heterocycles. The van der Waals surface area contributed by atoms with Crippen LogP contribution in [0.15, 0.2) is 11.3 Å². The number of Topliss-reactive ketones (excluding diaryl/α,β-unsaturated/α-hetero) is 2. The van der Waals surface area contributed by atoms with Crippen molar-refractivity contribution < 1.29 is 24.2 Å². The zero-order valence-electron chi connectivity index (χ0n) is 13.1. The third-order valence-electron chi connectivity index (χ3n) is 6.88. The summed E-state index contributed by atoms with van der Waals surface area (Å²) in [6, 6.07) is 0.159. The number of nitrogens with zero attached hydrogens (tertiary/aromatic N) is 2. The largest absolute Gasteiger partial charge is 0.449 e. The van der Waals surface area contributed by atoms with Gasteiger partial charge in [0.15, 0.2) is 17.2 Å². The van der Waals surface area contributed by atoms with E-state index in [1.54, 1.807) is 6.92 Å². The SMILES string of the molecule is CC1=C(N)C(=O)[C@@H]2[C@@H](COC(N)=O)[C@@]3(CO)[C@@H]4[C@@H]5CN3[C@@]2(C1=O)N45. The number of piperazine rings is 1. The molecular weight excluding hydrogens is 316 g/mol. The Morgan fingerprint density at radius 3 is 2.75 bits per heavy atom. The molecule has 0 aromatic heterocycles. The first-order chi connectivity index (χ1) is 11.3. The average Bonchev–Trinajstić information content (AvgIpc) is 2.87. The molecule has 5 N–H and O–H groups in total. The van der Waals surface area contributed by atoms with Crippen LogP contribution in [0.25, 0.3) is 0 Å². The van der Waals surface area contributed by atoms with Crippen molar-refractivity contribution in [2.45, 2.75) is 30.2 Å². The number of piperidine rings is 1. The highest BCUT2D eigenvalue weighted by Gasteiger charge is 2.94. The van der Waals surface area contributed by atoms with Crippen LogP contribution in [0.2, 0.25) is 0 Å². The van der Waals surface area contributed by atoms with E-state index >= 15 is 0 Å². The number of primary amides is 1. The lowest BCUT2D eigenvalue weighted by molar-refractivity contribution is -0.141. The maximum absolute atomic E-state index is 13.2. The van der Waals surface area contributed by atoms with Crippen molar-refractivity contribution in [1.29, 1.82) is 0 Å². The number of aliphatic hydroxyl groups is 1. The number of ether oxygens (including phenoxy) is 1. The first-order valence-corrected chi connectivity index (χ1v) is 7.99. The Morgan fingerprint density at radius 2 is 2.17 bits per heavy atom. The van der Waals surface area contributed by atoms with Crippen molar-refractivity contribution in [3.8, 4) is 0 Å². The Bertz CT molecular complexity index is 765. The highest BCUT2D eigenvalue weighted by molar-refractivity contribution is 6.18. The average molecular weight is 334 g/mol. The van der Waals surface area contributed by atoms with Crippen molar-refractivity contribution in [2.75, 3.05) is 19.8 Å². The number of ketones is 2. The second-order valence-electron chi connectivity index (χ2n) is 7.35. The van der Waals surface area contributed by atoms with Gasteiger partial charge in [-0.05, 0) is 6.92 Å². The molecule has 5 saturated heterocycles. The molecule has 0 aromatic rings. The minimum atomic E-state index is -1.08. The summed E-state index contributed by atoms with van der Waals surface area (Å²) in [7, 11) is 0. The van der Waals surface area contributed by atoms with Crippen LogP contribution in [0.4, 0.5) is 4.79 Å². The molecule has 0 radical (unpaired) electrons. The number of hydrogen-bond donors (Lipinski definition) is 3. The van der Waals surface area contributed by atoms with Gasteiger partial charge in [0.1, 0.15) is 0 Å². The van der Waals surface area contributed by atoms with Crippen LogP contribution in [0.5, 0.6) is 0 Å². The van der Waals surface area contributed by atoms with Crippen LogP contribution in [0.1, 0.15) is 6.92 Å². The molecule has 9 heteroatoms. The van der Waals surface area contributed by atoms with Crippen LogP contribution in [-0.2, 0) is 14.3 Å². The van der Waals surface area contributed by atoms with E-state index in [9.17, 15) is 19.5 Å². The maximum Gasteiger partial charge on any atom is 0.404 e. The fourth-order valence-electron chi connectivity index (χ4n) is 6.14. The molecule has 8 atom stereocenters. The van der Waals surface area contributed by atoms with Crippen molar-refractivity contribution in [3.63, 3.8) is 0 Å². The van der Waals surface area contributed by atoms with Crippen LogP contribution in [0, 0.1) is 11.8 Å². The van der Waals surface area contributed by atoms with E-state index in [4.69, 9.17) is 16.2 Å². The molecule has 6 bridgehead atoms. The Morgan fingerprint density at radius 1 is 1.46 bits per heavy atom. The summed E-state index contributed by atoms with van der Waals surface area (Å²) in [4.78, 5) is 41.2. The summed E-state index contributed by atoms with van der Waals surface area (Å²) < 4.78 is 4.99. The molecule has 5 heterocycles. The number of carbonyl (C=O) groups excluding carboxylic acids is 3. The highest BCUT2D eigenvalue weighted by Crippen LogP contribution is 2.74. The molecule has 6 rings (SSSR count). The van der Waals surface area contributed by atoms with E-state index in [0.29, 0.717) is 6.54 Å². The zero-order valence-corrected chi connectivity index (χ0v) is 13.1. The monoisotopic (exact) mass is 334 g/mol. The summed E-state index contributed by atoms with van der Waals surface area (Å²) in [5.74, 6) is -1.74. The predicted molar refractivity (Wildman–Crippen MR) is 78.1 cm³/mol. The fourth-order valence-corrected chi connectivity index (χ4v) is 6.14. The maximum atomic E-state index is 13.2. The van der Waals surface area contributed by atoms with Crippen molar-refractivity contribution in [3.05, 3.63) is 11.3 Å². The second kappa shape index (κ2) is 3.81. The number of allylic oxidation sites excluding steroid dienone is 1. The second-order valence-corrected chi connectivity index (χ2v) is 7.35. The molecule has 6 aliphatic rings. The summed E-state index contributed by atoms with van der Waals surface area (Å²) >= 11 is 0. The van der Waals surface area contributed by atoms with Crippen molar-refractivity contribution >= 4 is 17.7 Å². The summed E-state index contributed by atoms with van der Waals surface area (Å²) in [5.41, 5.74) is 9.39. The molecule has 0 saturated carbocycles. The standard InChI is InChI=1S/C15H18N4O5/c1-5-9(16)10(21)8-6(3-24-13(17)23)14(4-20)11-7-2-18(14)15(8,12(5)22)19(7)11/h6-8,11,20H,2-4,16H2,1H3,(H2,17,23)/t6-,7+,8+,11+,14+,15-,19?/m1/s1. The number of nitrogens with two attached hydrogens (primary N) is 2. The first kappa shape index (κ1) is 14.4. The van der Waals surface area contributed by atoms with E-state index in [1.807, 2.05) is 9.80 Å². The number of hydrogen-bond acceptors (Lipinski definition) is 8. The minimum Gasteiger partial charge on any atom is -0.449 e. The third-order valence-corrected chi connectivity index (χ3v) is 6.88. The molecule has 2 unspecified atom stereocenters. The van der Waals surface area contributed by atoms with Gasteiger partial charge in [-0.1, -0.05) is 0 Å². The number of carbonyl (C=O) groups is 3. The van der Waals surface area contributed by atoms with Gasteiger partial charge in [0.25, 0.3) is 0 Å². The minimum absolute atomic E-state index is 0.00380. The Hall–Kier alpha value is -1.97. The molecule has 128 valence electrons. The quantitative estimate of drug-likeness (QED) is 0.482. The lowest BCUT2D eigenvalue weighted by Gasteiger charge is -2.41. The number of amides is 1. The topological polar surface area (TPSA) is 139 Å². The van der Waals surface area contributed by atoms with Crippen LogP contribution in [-0.4, -0.2) is 75.6 Å². The molecule has 9 nitrogen and oxygen atoms in total. The molecule has 24 heavy (non-hydrogen) atoms. The van der Waals surface area contributed by atoms with E-state index < -0.39 is 29.1 Å². The van der Waals surface area contributed by atoms with Gasteiger partial charge in [0, 0.05) is 24.1 Å². The lowest BCUT2D eigenvalue weighted by atomic mass is 9.67. The normalized spacial score (nSPS) is 52.8. The molecule has 0 aromatic carbocycles. The molecule has 1 amide bonds. The van der Waals surface area contributed by atoms with Gasteiger partial charge in [-0.25, -0.2) is 4.79 Å². The van der Waals surface area contributed by atoms with Crippen molar-refractivity contribution in [1.82, 2.24) is 9.80 Å². The van der Waals surface area contributed by atoms with E-state index in [1.165, 1.54) is 0 Å². The fraction of sp³-hybridized carbons (Fsp3) is 0.667. The zero-order chi connectivity index (χ0) is 17.2. The van der Waals surface area contributed by atoms with Crippen molar-refractivity contribution in [2.24, 2.45) is 23.3 Å². The van der Waals surface area contributed by atoms with Crippen LogP contribution < -0.4 is 11.5 Å². The van der Waals surface area contributed by atoms with E-state index in [0.717, 1.165) is 0 Å². The smallest absolute Gasteiger partial charge is 0.404 e. The first-order valence-electron chi connectivity index (χ1n) is 7.99. The molecule has 1 spiro atoms. The Labute approximate surface area is 137 Å². The summed E-state index contributed by atoms with van der Waals surface area (Å²) in [6.07, 6.45) is -0.941. The molecule has 5 fully saturated rings. The van der Waals surface area contributed by atoms with Gasteiger partial charge in [0.05, 0.1) is 36.4 Å². The summed E-state index contributed by atoms with van der Waals surface area (Å²) in [5, 5.41) is 10.2. The number of aliphatic hydroxyl groups excluding tert-OH is 1. The Kier molecular flexibility index (Phi) is 2.29.